The zero-order valence-electron chi connectivity index (χ0n) is 18.2. The van der Waals surface area contributed by atoms with Gasteiger partial charge in [-0.3, -0.25) is 14.6 Å². The van der Waals surface area contributed by atoms with E-state index >= 15 is 0 Å². The van der Waals surface area contributed by atoms with Crippen LogP contribution in [0, 0.1) is 5.82 Å². The van der Waals surface area contributed by atoms with Crippen LogP contribution in [-0.4, -0.2) is 55.5 Å². The fourth-order valence-corrected chi connectivity index (χ4v) is 3.54. The summed E-state index contributed by atoms with van der Waals surface area (Å²) in [6.45, 7) is 3.58. The van der Waals surface area contributed by atoms with Gasteiger partial charge in [-0.05, 0) is 42.3 Å². The van der Waals surface area contributed by atoms with E-state index in [1.807, 2.05) is 19.1 Å². The number of hydrogen-bond donors (Lipinski definition) is 3. The van der Waals surface area contributed by atoms with Crippen molar-refractivity contribution in [2.75, 3.05) is 26.7 Å². The Morgan fingerprint density at radius 1 is 1.12 bits per heavy atom. The highest BCUT2D eigenvalue weighted by molar-refractivity contribution is 5.96. The van der Waals surface area contributed by atoms with Gasteiger partial charge in [0, 0.05) is 25.7 Å². The number of carbonyl (C=O) groups excluding carboxylic acids is 2. The number of guanidine groups is 1. The van der Waals surface area contributed by atoms with E-state index in [0.29, 0.717) is 25.2 Å². The zero-order valence-corrected chi connectivity index (χ0v) is 18.2. The maximum Gasteiger partial charge on any atom is 0.251 e. The molecule has 0 saturated carbocycles. The lowest BCUT2D eigenvalue weighted by Crippen LogP contribution is -2.50. The Balaban J connectivity index is 1.59. The number of nitrogens with two attached hydrogens (primary N) is 1. The standard InChI is InChI=1S/C23H28FN5O3/c1-15-13-29(14-20(32-15)17-7-9-19(24)10-8-17)23(26-2)28-11-16-3-5-18(6-4-16)22(31)27-12-21(25)30/h3-10,15,20H,11-14H2,1-2H3,(H2,25,30)(H,26,28)(H,27,31). The summed E-state index contributed by atoms with van der Waals surface area (Å²) in [5, 5.41) is 5.80. The minimum atomic E-state index is -0.593. The van der Waals surface area contributed by atoms with Crippen LogP contribution in [0.25, 0.3) is 0 Å². The molecule has 1 saturated heterocycles. The molecular weight excluding hydrogens is 413 g/mol. The fraction of sp³-hybridized carbons (Fsp3) is 0.348. The SMILES string of the molecule is CN=C(NCc1ccc(C(=O)NCC(N)=O)cc1)N1CC(C)OC(c2ccc(F)cc2)C1. The van der Waals surface area contributed by atoms with Crippen molar-refractivity contribution in [3.05, 3.63) is 71.0 Å². The molecule has 2 aromatic carbocycles. The molecule has 3 rings (SSSR count). The summed E-state index contributed by atoms with van der Waals surface area (Å²) in [6.07, 6.45) is -0.202. The van der Waals surface area contributed by atoms with Crippen LogP contribution < -0.4 is 16.4 Å². The monoisotopic (exact) mass is 441 g/mol. The first-order chi connectivity index (χ1) is 15.4. The highest BCUT2D eigenvalue weighted by Crippen LogP contribution is 2.25. The molecule has 0 radical (unpaired) electrons. The van der Waals surface area contributed by atoms with Crippen molar-refractivity contribution < 1.29 is 18.7 Å². The number of ether oxygens (including phenoxy) is 1. The minimum Gasteiger partial charge on any atom is -0.368 e. The van der Waals surface area contributed by atoms with Gasteiger partial charge in [-0.25, -0.2) is 4.39 Å². The molecule has 1 fully saturated rings. The third-order valence-electron chi connectivity index (χ3n) is 5.10. The van der Waals surface area contributed by atoms with Gasteiger partial charge in [0.2, 0.25) is 5.91 Å². The predicted octanol–water partition coefficient (Wildman–Crippen LogP) is 1.58. The molecule has 1 aliphatic rings. The normalized spacial score (nSPS) is 18.8. The Morgan fingerprint density at radius 2 is 1.81 bits per heavy atom. The van der Waals surface area contributed by atoms with Crippen molar-refractivity contribution in [2.24, 2.45) is 10.7 Å². The number of rotatable bonds is 6. The number of amides is 2. The molecule has 1 aliphatic heterocycles. The van der Waals surface area contributed by atoms with Crippen molar-refractivity contribution in [1.29, 1.82) is 0 Å². The third kappa shape index (κ3) is 6.27. The Labute approximate surface area is 186 Å². The Bertz CT molecular complexity index is 963. The summed E-state index contributed by atoms with van der Waals surface area (Å²) in [6, 6.07) is 13.4. The number of halogens is 1. The molecule has 2 unspecified atom stereocenters. The Kier molecular flexibility index (Phi) is 7.77. The van der Waals surface area contributed by atoms with Gasteiger partial charge in [0.25, 0.3) is 5.91 Å². The molecule has 2 aromatic rings. The lowest BCUT2D eigenvalue weighted by atomic mass is 10.1. The van der Waals surface area contributed by atoms with Crippen LogP contribution in [0.5, 0.6) is 0 Å². The minimum absolute atomic E-state index is 0.0180. The molecule has 9 heteroatoms. The van der Waals surface area contributed by atoms with Crippen molar-refractivity contribution in [3.8, 4) is 0 Å². The van der Waals surface area contributed by atoms with Gasteiger partial charge < -0.3 is 26.0 Å². The van der Waals surface area contributed by atoms with Crippen molar-refractivity contribution >= 4 is 17.8 Å². The van der Waals surface area contributed by atoms with Crippen molar-refractivity contribution in [2.45, 2.75) is 25.7 Å². The first-order valence-electron chi connectivity index (χ1n) is 10.4. The molecule has 170 valence electrons. The van der Waals surface area contributed by atoms with Gasteiger partial charge in [-0.15, -0.1) is 0 Å². The fourth-order valence-electron chi connectivity index (χ4n) is 3.54. The highest BCUT2D eigenvalue weighted by atomic mass is 19.1. The molecule has 0 aromatic heterocycles. The van der Waals surface area contributed by atoms with Crippen LogP contribution in [-0.2, 0) is 16.1 Å². The highest BCUT2D eigenvalue weighted by Gasteiger charge is 2.28. The maximum absolute atomic E-state index is 13.3. The van der Waals surface area contributed by atoms with Crippen molar-refractivity contribution in [1.82, 2.24) is 15.5 Å². The summed E-state index contributed by atoms with van der Waals surface area (Å²) in [5.41, 5.74) is 7.38. The van der Waals surface area contributed by atoms with Crippen LogP contribution in [0.15, 0.2) is 53.5 Å². The molecule has 0 aliphatic carbocycles. The van der Waals surface area contributed by atoms with Gasteiger partial charge >= 0.3 is 0 Å². The van der Waals surface area contributed by atoms with Gasteiger partial charge in [-0.2, -0.15) is 0 Å². The molecule has 0 bridgehead atoms. The average molecular weight is 442 g/mol. The number of benzene rings is 2. The predicted molar refractivity (Wildman–Crippen MR) is 119 cm³/mol. The number of nitrogens with zero attached hydrogens (tertiary/aromatic N) is 2. The lowest BCUT2D eigenvalue weighted by Gasteiger charge is -2.38. The molecule has 2 amide bonds. The number of primary amides is 1. The number of carbonyl (C=O) groups is 2. The lowest BCUT2D eigenvalue weighted by molar-refractivity contribution is -0.117. The molecular formula is C23H28FN5O3. The van der Waals surface area contributed by atoms with E-state index in [0.717, 1.165) is 17.1 Å². The van der Waals surface area contributed by atoms with Gasteiger partial charge in [0.15, 0.2) is 5.96 Å². The Morgan fingerprint density at radius 3 is 2.44 bits per heavy atom. The summed E-state index contributed by atoms with van der Waals surface area (Å²) in [5.74, 6) is -0.489. The molecule has 8 nitrogen and oxygen atoms in total. The van der Waals surface area contributed by atoms with E-state index < -0.39 is 5.91 Å². The second-order valence-corrected chi connectivity index (χ2v) is 7.64. The van der Waals surface area contributed by atoms with E-state index in [4.69, 9.17) is 10.5 Å². The first kappa shape index (κ1) is 23.2. The summed E-state index contributed by atoms with van der Waals surface area (Å²) in [4.78, 5) is 29.3. The maximum atomic E-state index is 13.3. The van der Waals surface area contributed by atoms with Crippen molar-refractivity contribution in [3.63, 3.8) is 0 Å². The van der Waals surface area contributed by atoms with Gasteiger partial charge in [0.1, 0.15) is 11.9 Å². The second-order valence-electron chi connectivity index (χ2n) is 7.64. The van der Waals surface area contributed by atoms with E-state index in [1.165, 1.54) is 12.1 Å². The van der Waals surface area contributed by atoms with E-state index in [-0.39, 0.29) is 30.5 Å². The van der Waals surface area contributed by atoms with Gasteiger partial charge in [0.05, 0.1) is 19.2 Å². The number of hydrogen-bond acceptors (Lipinski definition) is 4. The molecule has 4 N–H and O–H groups in total. The number of morpholine rings is 1. The second kappa shape index (κ2) is 10.7. The molecule has 32 heavy (non-hydrogen) atoms. The quantitative estimate of drug-likeness (QED) is 0.466. The Hall–Kier alpha value is -3.46. The summed E-state index contributed by atoms with van der Waals surface area (Å²) < 4.78 is 19.3. The van der Waals surface area contributed by atoms with Crippen LogP contribution >= 0.6 is 0 Å². The largest absolute Gasteiger partial charge is 0.368 e. The van der Waals surface area contributed by atoms with E-state index in [9.17, 15) is 14.0 Å². The van der Waals surface area contributed by atoms with E-state index in [1.54, 1.807) is 31.3 Å². The van der Waals surface area contributed by atoms with Crippen LogP contribution in [0.1, 0.15) is 34.5 Å². The van der Waals surface area contributed by atoms with Gasteiger partial charge in [-0.1, -0.05) is 24.3 Å². The number of aliphatic imine (C=N–C) groups is 1. The third-order valence-corrected chi connectivity index (χ3v) is 5.10. The zero-order chi connectivity index (χ0) is 23.1. The van der Waals surface area contributed by atoms with Crippen LogP contribution in [0.3, 0.4) is 0 Å². The first-order valence-corrected chi connectivity index (χ1v) is 10.4. The van der Waals surface area contributed by atoms with E-state index in [2.05, 4.69) is 20.5 Å². The van der Waals surface area contributed by atoms with Crippen LogP contribution in [0.4, 0.5) is 4.39 Å². The molecule has 1 heterocycles. The topological polar surface area (TPSA) is 109 Å². The summed E-state index contributed by atoms with van der Waals surface area (Å²) in [7, 11) is 1.72. The summed E-state index contributed by atoms with van der Waals surface area (Å²) >= 11 is 0. The van der Waals surface area contributed by atoms with Crippen LogP contribution in [0.2, 0.25) is 0 Å². The smallest absolute Gasteiger partial charge is 0.251 e. The molecule has 0 spiro atoms. The average Bonchev–Trinajstić information content (AvgIpc) is 2.78. The number of nitrogens with one attached hydrogen (secondary N) is 2. The molecule has 2 atom stereocenters.